The van der Waals surface area contributed by atoms with Crippen LogP contribution in [0.2, 0.25) is 0 Å². The molecule has 2 aromatic carbocycles. The van der Waals surface area contributed by atoms with Crippen LogP contribution in [0.3, 0.4) is 0 Å². The van der Waals surface area contributed by atoms with Gasteiger partial charge < -0.3 is 10.3 Å². The SMILES string of the molecule is C=CCn1c(=S)[nH]c2cc(C(=O)NCc3cc(F)ccc3Br)ccc2c1=O. The van der Waals surface area contributed by atoms with Crippen LogP contribution in [-0.2, 0) is 13.1 Å². The molecule has 0 saturated carbocycles. The number of hydrogen-bond donors (Lipinski definition) is 2. The van der Waals surface area contributed by atoms with Crippen molar-refractivity contribution in [2.45, 2.75) is 13.1 Å². The zero-order valence-electron chi connectivity index (χ0n) is 14.1. The van der Waals surface area contributed by atoms with E-state index in [2.05, 4.69) is 32.8 Å². The number of hydrogen-bond acceptors (Lipinski definition) is 3. The van der Waals surface area contributed by atoms with Gasteiger partial charge in [-0.25, -0.2) is 4.39 Å². The van der Waals surface area contributed by atoms with Crippen LogP contribution in [0.5, 0.6) is 0 Å². The molecule has 0 bridgehead atoms. The molecule has 8 heteroatoms. The summed E-state index contributed by atoms with van der Waals surface area (Å²) in [6.45, 7) is 4.07. The standard InChI is InChI=1S/C19H15BrFN3O2S/c1-2-7-24-18(26)14-5-3-11(9-16(14)23-19(24)27)17(25)22-10-12-8-13(21)4-6-15(12)20/h2-6,8-9H,1,7,10H2,(H,22,25)(H,23,27). The highest BCUT2D eigenvalue weighted by molar-refractivity contribution is 9.10. The van der Waals surface area contributed by atoms with Gasteiger partial charge in [-0.2, -0.15) is 0 Å². The predicted octanol–water partition coefficient (Wildman–Crippen LogP) is 4.08. The Labute approximate surface area is 167 Å². The number of carbonyl (C=O) groups is 1. The number of H-pyrrole nitrogens is 1. The lowest BCUT2D eigenvalue weighted by Crippen LogP contribution is -2.24. The van der Waals surface area contributed by atoms with Crippen molar-refractivity contribution in [2.24, 2.45) is 0 Å². The summed E-state index contributed by atoms with van der Waals surface area (Å²) in [4.78, 5) is 27.9. The first-order valence-corrected chi connectivity index (χ1v) is 9.20. The number of rotatable bonds is 5. The van der Waals surface area contributed by atoms with Crippen LogP contribution in [0.15, 0.2) is 58.3 Å². The van der Waals surface area contributed by atoms with Crippen molar-refractivity contribution in [3.05, 3.63) is 85.6 Å². The zero-order valence-corrected chi connectivity index (χ0v) is 16.5. The lowest BCUT2D eigenvalue weighted by molar-refractivity contribution is 0.0951. The molecule has 3 rings (SSSR count). The lowest BCUT2D eigenvalue weighted by atomic mass is 10.1. The van der Waals surface area contributed by atoms with Crippen molar-refractivity contribution >= 4 is 45.0 Å². The van der Waals surface area contributed by atoms with Crippen LogP contribution >= 0.6 is 28.1 Å². The molecule has 0 spiro atoms. The Morgan fingerprint density at radius 3 is 2.85 bits per heavy atom. The highest BCUT2D eigenvalue weighted by atomic mass is 79.9. The molecule has 3 aromatic rings. The number of fused-ring (bicyclic) bond motifs is 1. The van der Waals surface area contributed by atoms with Crippen LogP contribution in [0, 0.1) is 10.6 Å². The fourth-order valence-electron chi connectivity index (χ4n) is 2.65. The van der Waals surface area contributed by atoms with E-state index in [0.717, 1.165) is 0 Å². The van der Waals surface area contributed by atoms with Gasteiger partial charge in [-0.15, -0.1) is 6.58 Å². The van der Waals surface area contributed by atoms with Crippen LogP contribution < -0.4 is 10.9 Å². The van der Waals surface area contributed by atoms with Gasteiger partial charge in [-0.3, -0.25) is 14.2 Å². The van der Waals surface area contributed by atoms with Crippen LogP contribution in [0.4, 0.5) is 4.39 Å². The van der Waals surface area contributed by atoms with E-state index < -0.39 is 0 Å². The molecule has 1 amide bonds. The van der Waals surface area contributed by atoms with Gasteiger partial charge in [-0.05, 0) is 54.2 Å². The van der Waals surface area contributed by atoms with E-state index in [0.29, 0.717) is 33.0 Å². The number of aromatic amines is 1. The van der Waals surface area contributed by atoms with Gasteiger partial charge in [0.1, 0.15) is 5.82 Å². The quantitative estimate of drug-likeness (QED) is 0.457. The minimum Gasteiger partial charge on any atom is -0.348 e. The van der Waals surface area contributed by atoms with E-state index in [1.54, 1.807) is 30.3 Å². The fourth-order valence-corrected chi connectivity index (χ4v) is 3.30. The molecule has 1 aromatic heterocycles. The molecular weight excluding hydrogens is 433 g/mol. The maximum absolute atomic E-state index is 13.3. The smallest absolute Gasteiger partial charge is 0.262 e. The number of benzene rings is 2. The molecule has 2 N–H and O–H groups in total. The maximum Gasteiger partial charge on any atom is 0.262 e. The second-order valence-electron chi connectivity index (χ2n) is 5.81. The Bertz CT molecular complexity index is 1170. The molecule has 0 aliphatic rings. The number of halogens is 2. The summed E-state index contributed by atoms with van der Waals surface area (Å²) in [5.74, 6) is -0.723. The molecule has 0 aliphatic carbocycles. The largest absolute Gasteiger partial charge is 0.348 e. The monoisotopic (exact) mass is 447 g/mol. The first kappa shape index (κ1) is 19.2. The summed E-state index contributed by atoms with van der Waals surface area (Å²) in [7, 11) is 0. The van der Waals surface area contributed by atoms with Crippen molar-refractivity contribution < 1.29 is 9.18 Å². The highest BCUT2D eigenvalue weighted by Crippen LogP contribution is 2.18. The molecule has 0 fully saturated rings. The van der Waals surface area contributed by atoms with E-state index in [-0.39, 0.29) is 28.6 Å². The molecular formula is C19H15BrFN3O2S. The second-order valence-corrected chi connectivity index (χ2v) is 7.05. The number of aromatic nitrogens is 2. The summed E-state index contributed by atoms with van der Waals surface area (Å²) in [6.07, 6.45) is 1.59. The molecule has 138 valence electrons. The van der Waals surface area contributed by atoms with E-state index >= 15 is 0 Å². The van der Waals surface area contributed by atoms with E-state index in [9.17, 15) is 14.0 Å². The summed E-state index contributed by atoms with van der Waals surface area (Å²) in [6, 6.07) is 8.98. The van der Waals surface area contributed by atoms with Crippen molar-refractivity contribution in [3.8, 4) is 0 Å². The number of nitrogens with zero attached hydrogens (tertiary/aromatic N) is 1. The van der Waals surface area contributed by atoms with Gasteiger partial charge in [0, 0.05) is 23.1 Å². The first-order chi connectivity index (χ1) is 12.9. The Balaban J connectivity index is 1.88. The van der Waals surface area contributed by atoms with Crippen molar-refractivity contribution in [2.75, 3.05) is 0 Å². The average Bonchev–Trinajstić information content (AvgIpc) is 2.65. The Morgan fingerprint density at radius 1 is 1.33 bits per heavy atom. The van der Waals surface area contributed by atoms with E-state index in [4.69, 9.17) is 12.2 Å². The number of amides is 1. The topological polar surface area (TPSA) is 66.9 Å². The molecule has 1 heterocycles. The fraction of sp³-hybridized carbons (Fsp3) is 0.105. The second kappa shape index (κ2) is 7.98. The van der Waals surface area contributed by atoms with Gasteiger partial charge in [0.25, 0.3) is 11.5 Å². The van der Waals surface area contributed by atoms with Gasteiger partial charge in [0.15, 0.2) is 4.77 Å². The maximum atomic E-state index is 13.3. The van der Waals surface area contributed by atoms with Crippen molar-refractivity contribution in [3.63, 3.8) is 0 Å². The molecule has 27 heavy (non-hydrogen) atoms. The first-order valence-electron chi connectivity index (χ1n) is 8.00. The van der Waals surface area contributed by atoms with Crippen molar-refractivity contribution in [1.82, 2.24) is 14.9 Å². The molecule has 5 nitrogen and oxygen atoms in total. The predicted molar refractivity (Wildman–Crippen MR) is 109 cm³/mol. The number of nitrogens with one attached hydrogen (secondary N) is 2. The van der Waals surface area contributed by atoms with E-state index in [1.165, 1.54) is 16.7 Å². The highest BCUT2D eigenvalue weighted by Gasteiger charge is 2.11. The van der Waals surface area contributed by atoms with Crippen molar-refractivity contribution in [1.29, 1.82) is 0 Å². The van der Waals surface area contributed by atoms with Gasteiger partial charge >= 0.3 is 0 Å². The van der Waals surface area contributed by atoms with Crippen LogP contribution in [-0.4, -0.2) is 15.5 Å². The summed E-state index contributed by atoms with van der Waals surface area (Å²) in [5, 5.41) is 3.16. The van der Waals surface area contributed by atoms with Gasteiger partial charge in [0.05, 0.1) is 10.9 Å². The van der Waals surface area contributed by atoms with Crippen LogP contribution in [0.1, 0.15) is 15.9 Å². The summed E-state index contributed by atoms with van der Waals surface area (Å²) >= 11 is 8.53. The number of carbonyl (C=O) groups excluding carboxylic acids is 1. The zero-order chi connectivity index (χ0) is 19.6. The summed E-state index contributed by atoms with van der Waals surface area (Å²) < 4.78 is 15.7. The minimum atomic E-state index is -0.378. The average molecular weight is 448 g/mol. The third-order valence-electron chi connectivity index (χ3n) is 4.00. The Hall–Kier alpha value is -2.58. The number of allylic oxidation sites excluding steroid dienone is 1. The molecule has 0 saturated heterocycles. The summed E-state index contributed by atoms with van der Waals surface area (Å²) in [5.41, 5.74) is 1.21. The van der Waals surface area contributed by atoms with Gasteiger partial charge in [-0.1, -0.05) is 22.0 Å². The Kier molecular flexibility index (Phi) is 5.67. The van der Waals surface area contributed by atoms with Gasteiger partial charge in [0.2, 0.25) is 0 Å². The molecule has 0 unspecified atom stereocenters. The van der Waals surface area contributed by atoms with E-state index in [1.807, 2.05) is 0 Å². The third kappa shape index (κ3) is 4.06. The molecule has 0 aliphatic heterocycles. The minimum absolute atomic E-state index is 0.159. The normalized spacial score (nSPS) is 10.7. The molecule has 0 atom stereocenters. The Morgan fingerprint density at radius 2 is 2.11 bits per heavy atom. The molecule has 0 radical (unpaired) electrons. The third-order valence-corrected chi connectivity index (χ3v) is 5.10. The lowest BCUT2D eigenvalue weighted by Gasteiger charge is -2.09. The van der Waals surface area contributed by atoms with Crippen LogP contribution in [0.25, 0.3) is 10.9 Å².